The van der Waals surface area contributed by atoms with Gasteiger partial charge in [-0.15, -0.1) is 0 Å². The fourth-order valence-corrected chi connectivity index (χ4v) is 1.51. The predicted octanol–water partition coefficient (Wildman–Crippen LogP) is 3.14. The summed E-state index contributed by atoms with van der Waals surface area (Å²) >= 11 is 0. The van der Waals surface area contributed by atoms with E-state index < -0.39 is 0 Å². The molecule has 1 amide bonds. The van der Waals surface area contributed by atoms with E-state index in [0.29, 0.717) is 17.2 Å². The van der Waals surface area contributed by atoms with Gasteiger partial charge >= 0.3 is 0 Å². The number of phenols is 1. The maximum Gasteiger partial charge on any atom is 0.221 e. The highest BCUT2D eigenvalue weighted by atomic mass is 16.5. The van der Waals surface area contributed by atoms with E-state index in [0.717, 1.165) is 0 Å². The molecule has 0 aromatic heterocycles. The normalized spacial score (nSPS) is 9.83. The molecule has 0 aliphatic carbocycles. The Kier molecular flexibility index (Phi) is 3.48. The van der Waals surface area contributed by atoms with Crippen molar-refractivity contribution in [2.75, 3.05) is 5.32 Å². The summed E-state index contributed by atoms with van der Waals surface area (Å²) in [5, 5.41) is 12.0. The van der Waals surface area contributed by atoms with Crippen LogP contribution in [0.1, 0.15) is 6.92 Å². The van der Waals surface area contributed by atoms with Gasteiger partial charge in [0.2, 0.25) is 5.91 Å². The number of hydrogen-bond acceptors (Lipinski definition) is 3. The van der Waals surface area contributed by atoms with Gasteiger partial charge in [0.25, 0.3) is 0 Å². The van der Waals surface area contributed by atoms with Crippen LogP contribution in [0.4, 0.5) is 5.69 Å². The molecule has 92 valence electrons. The third kappa shape index (κ3) is 3.01. The van der Waals surface area contributed by atoms with Gasteiger partial charge in [-0.2, -0.15) is 0 Å². The highest BCUT2D eigenvalue weighted by Gasteiger charge is 2.07. The smallest absolute Gasteiger partial charge is 0.221 e. The number of aromatic hydroxyl groups is 1. The van der Waals surface area contributed by atoms with Crippen LogP contribution in [-0.4, -0.2) is 11.0 Å². The topological polar surface area (TPSA) is 58.6 Å². The molecule has 0 atom stereocenters. The molecule has 2 aromatic carbocycles. The van der Waals surface area contributed by atoms with Crippen molar-refractivity contribution in [1.29, 1.82) is 0 Å². The number of benzene rings is 2. The lowest BCUT2D eigenvalue weighted by molar-refractivity contribution is -0.114. The number of carbonyl (C=O) groups excluding carboxylic acids is 1. The largest absolute Gasteiger partial charge is 0.508 e. The molecule has 0 unspecified atom stereocenters. The molecule has 4 heteroatoms. The summed E-state index contributed by atoms with van der Waals surface area (Å²) in [5.41, 5.74) is 0.436. The van der Waals surface area contributed by atoms with Crippen LogP contribution in [-0.2, 0) is 4.79 Å². The second-order valence-electron chi connectivity index (χ2n) is 3.78. The molecule has 0 radical (unpaired) electrons. The Balaban J connectivity index is 2.29. The van der Waals surface area contributed by atoms with Crippen molar-refractivity contribution in [1.82, 2.24) is 0 Å². The molecule has 0 saturated heterocycles. The van der Waals surface area contributed by atoms with Crippen LogP contribution in [0.25, 0.3) is 0 Å². The highest BCUT2D eigenvalue weighted by molar-refractivity contribution is 5.90. The minimum Gasteiger partial charge on any atom is -0.508 e. The van der Waals surface area contributed by atoms with Crippen LogP contribution in [0.2, 0.25) is 0 Å². The van der Waals surface area contributed by atoms with Gasteiger partial charge in [-0.1, -0.05) is 18.2 Å². The minimum atomic E-state index is -0.224. The van der Waals surface area contributed by atoms with Gasteiger partial charge in [0, 0.05) is 13.0 Å². The summed E-state index contributed by atoms with van der Waals surface area (Å²) in [6, 6.07) is 13.8. The van der Waals surface area contributed by atoms with E-state index in [1.807, 2.05) is 30.3 Å². The Morgan fingerprint density at radius 2 is 1.89 bits per heavy atom. The van der Waals surface area contributed by atoms with E-state index in [2.05, 4.69) is 5.32 Å². The number of nitrogens with one attached hydrogen (secondary N) is 1. The van der Waals surface area contributed by atoms with Crippen LogP contribution >= 0.6 is 0 Å². The zero-order valence-corrected chi connectivity index (χ0v) is 9.88. The Bertz CT molecular complexity index is 552. The molecule has 0 bridgehead atoms. The van der Waals surface area contributed by atoms with Crippen molar-refractivity contribution >= 4 is 11.6 Å². The number of para-hydroxylation sites is 1. The average molecular weight is 243 g/mol. The molecule has 2 N–H and O–H groups in total. The number of amides is 1. The summed E-state index contributed by atoms with van der Waals surface area (Å²) in [7, 11) is 0. The maximum atomic E-state index is 11.1. The van der Waals surface area contributed by atoms with Crippen molar-refractivity contribution in [2.24, 2.45) is 0 Å². The second kappa shape index (κ2) is 5.23. The van der Waals surface area contributed by atoms with Crippen molar-refractivity contribution in [3.63, 3.8) is 0 Å². The number of carbonyl (C=O) groups is 1. The number of anilines is 1. The monoisotopic (exact) mass is 243 g/mol. The quantitative estimate of drug-likeness (QED) is 0.870. The average Bonchev–Trinajstić information content (AvgIpc) is 2.33. The van der Waals surface area contributed by atoms with Gasteiger partial charge in [-0.25, -0.2) is 0 Å². The van der Waals surface area contributed by atoms with E-state index in [-0.39, 0.29) is 11.7 Å². The Hall–Kier alpha value is -2.49. The molecule has 4 nitrogen and oxygen atoms in total. The van der Waals surface area contributed by atoms with Crippen molar-refractivity contribution < 1.29 is 14.6 Å². The summed E-state index contributed by atoms with van der Waals surface area (Å²) in [6.45, 7) is 1.40. The lowest BCUT2D eigenvalue weighted by atomic mass is 10.2. The third-order valence-electron chi connectivity index (χ3n) is 2.24. The van der Waals surface area contributed by atoms with Crippen LogP contribution in [0.15, 0.2) is 48.5 Å². The molecule has 18 heavy (non-hydrogen) atoms. The SMILES string of the molecule is CC(=O)Nc1cc(O)ccc1Oc1ccccc1. The first kappa shape index (κ1) is 12.0. The standard InChI is InChI=1S/C14H13NO3/c1-10(16)15-13-9-11(17)7-8-14(13)18-12-5-3-2-4-6-12/h2-9,17H,1H3,(H,15,16). The van der Waals surface area contributed by atoms with Gasteiger partial charge in [0.1, 0.15) is 11.5 Å². The van der Waals surface area contributed by atoms with Gasteiger partial charge < -0.3 is 15.2 Å². The summed E-state index contributed by atoms with van der Waals surface area (Å²) in [5.74, 6) is 0.988. The van der Waals surface area contributed by atoms with Gasteiger partial charge in [-0.05, 0) is 24.3 Å². The number of rotatable bonds is 3. The van der Waals surface area contributed by atoms with E-state index in [4.69, 9.17) is 4.74 Å². The molecular formula is C14H13NO3. The second-order valence-corrected chi connectivity index (χ2v) is 3.78. The van der Waals surface area contributed by atoms with Gasteiger partial charge in [0.15, 0.2) is 5.75 Å². The summed E-state index contributed by atoms with van der Waals surface area (Å²) < 4.78 is 5.64. The van der Waals surface area contributed by atoms with Crippen LogP contribution in [0.5, 0.6) is 17.2 Å². The first-order valence-electron chi connectivity index (χ1n) is 5.48. The van der Waals surface area contributed by atoms with Crippen molar-refractivity contribution in [3.8, 4) is 17.2 Å². The Morgan fingerprint density at radius 1 is 1.17 bits per heavy atom. The zero-order valence-electron chi connectivity index (χ0n) is 9.88. The van der Waals surface area contributed by atoms with E-state index >= 15 is 0 Å². The summed E-state index contributed by atoms with van der Waals surface area (Å²) in [4.78, 5) is 11.1. The van der Waals surface area contributed by atoms with E-state index in [1.165, 1.54) is 19.1 Å². The number of hydrogen-bond donors (Lipinski definition) is 2. The molecule has 0 saturated carbocycles. The molecule has 2 rings (SSSR count). The Morgan fingerprint density at radius 3 is 2.56 bits per heavy atom. The molecule has 0 aliphatic rings. The molecule has 0 spiro atoms. The molecule has 2 aromatic rings. The maximum absolute atomic E-state index is 11.1. The van der Waals surface area contributed by atoms with Crippen LogP contribution < -0.4 is 10.1 Å². The van der Waals surface area contributed by atoms with Gasteiger partial charge in [-0.3, -0.25) is 4.79 Å². The van der Waals surface area contributed by atoms with Crippen molar-refractivity contribution in [2.45, 2.75) is 6.92 Å². The van der Waals surface area contributed by atoms with Crippen LogP contribution in [0, 0.1) is 0 Å². The first-order valence-corrected chi connectivity index (χ1v) is 5.48. The first-order chi connectivity index (χ1) is 8.65. The highest BCUT2D eigenvalue weighted by Crippen LogP contribution is 2.32. The number of phenolic OH excluding ortho intramolecular Hbond substituents is 1. The Labute approximate surface area is 105 Å². The minimum absolute atomic E-state index is 0.0687. The fraction of sp³-hybridized carbons (Fsp3) is 0.0714. The molecular weight excluding hydrogens is 230 g/mol. The van der Waals surface area contributed by atoms with Crippen molar-refractivity contribution in [3.05, 3.63) is 48.5 Å². The molecule has 0 heterocycles. The fourth-order valence-electron chi connectivity index (χ4n) is 1.51. The molecule has 0 aliphatic heterocycles. The predicted molar refractivity (Wildman–Crippen MR) is 68.9 cm³/mol. The lowest BCUT2D eigenvalue weighted by Crippen LogP contribution is -2.06. The van der Waals surface area contributed by atoms with Gasteiger partial charge in [0.05, 0.1) is 5.69 Å². The van der Waals surface area contributed by atoms with E-state index in [9.17, 15) is 9.90 Å². The van der Waals surface area contributed by atoms with Crippen LogP contribution in [0.3, 0.4) is 0 Å². The third-order valence-corrected chi connectivity index (χ3v) is 2.24. The lowest BCUT2D eigenvalue weighted by Gasteiger charge is -2.11. The molecule has 0 fully saturated rings. The van der Waals surface area contributed by atoms with E-state index in [1.54, 1.807) is 6.07 Å². The number of ether oxygens (including phenoxy) is 1. The zero-order chi connectivity index (χ0) is 13.0. The summed E-state index contributed by atoms with van der Waals surface area (Å²) in [6.07, 6.45) is 0.